The number of carbonyl (C=O) groups excluding carboxylic acids is 2. The van der Waals surface area contributed by atoms with E-state index in [1.165, 1.54) is 22.3 Å². The molecule has 2 aromatic carbocycles. The summed E-state index contributed by atoms with van der Waals surface area (Å²) in [6.45, 7) is 2.69. The predicted molar refractivity (Wildman–Crippen MR) is 131 cm³/mol. The molecule has 7 heteroatoms. The number of carbonyl (C=O) groups is 3. The maximum absolute atomic E-state index is 12.8. The second-order valence-electron chi connectivity index (χ2n) is 10.1. The summed E-state index contributed by atoms with van der Waals surface area (Å²) in [6, 6.07) is 16.4. The number of benzene rings is 2. The maximum atomic E-state index is 12.8. The molecule has 5 rings (SSSR count). The second-order valence-corrected chi connectivity index (χ2v) is 10.1. The van der Waals surface area contributed by atoms with Gasteiger partial charge in [-0.1, -0.05) is 55.5 Å². The van der Waals surface area contributed by atoms with Crippen molar-refractivity contribution in [2.75, 3.05) is 13.2 Å². The fraction of sp³-hybridized carbons (Fsp3) is 0.464. The van der Waals surface area contributed by atoms with Crippen LogP contribution in [0.1, 0.15) is 56.1 Å². The molecule has 2 N–H and O–H groups in total. The van der Waals surface area contributed by atoms with Crippen LogP contribution in [0.5, 0.6) is 0 Å². The van der Waals surface area contributed by atoms with E-state index >= 15 is 0 Å². The van der Waals surface area contributed by atoms with E-state index in [2.05, 4.69) is 29.6 Å². The number of hydrogen-bond donors (Lipinski definition) is 2. The predicted octanol–water partition coefficient (Wildman–Crippen LogP) is 4.41. The number of hydrogen-bond acceptors (Lipinski definition) is 4. The molecular weight excluding hydrogens is 444 g/mol. The normalized spacial score (nSPS) is 23.0. The molecule has 2 saturated heterocycles. The van der Waals surface area contributed by atoms with Gasteiger partial charge in [-0.05, 0) is 53.9 Å². The van der Waals surface area contributed by atoms with Gasteiger partial charge in [0.25, 0.3) is 0 Å². The summed E-state index contributed by atoms with van der Waals surface area (Å²) >= 11 is 0. The monoisotopic (exact) mass is 476 g/mol. The van der Waals surface area contributed by atoms with Gasteiger partial charge in [0.05, 0.1) is 5.92 Å². The van der Waals surface area contributed by atoms with Crippen LogP contribution < -0.4 is 5.32 Å². The Balaban J connectivity index is 1.07. The van der Waals surface area contributed by atoms with Gasteiger partial charge in [0.2, 0.25) is 5.91 Å². The zero-order valence-corrected chi connectivity index (χ0v) is 20.0. The summed E-state index contributed by atoms with van der Waals surface area (Å²) in [5.41, 5.74) is 4.73. The number of nitrogens with zero attached hydrogens (tertiary/aromatic N) is 1. The Kier molecular flexibility index (Phi) is 6.50. The van der Waals surface area contributed by atoms with Crippen LogP contribution >= 0.6 is 0 Å². The third-order valence-corrected chi connectivity index (χ3v) is 7.93. The first-order valence-electron chi connectivity index (χ1n) is 12.6. The van der Waals surface area contributed by atoms with Gasteiger partial charge in [-0.15, -0.1) is 0 Å². The number of amides is 2. The lowest BCUT2D eigenvalue weighted by atomic mass is 9.89. The van der Waals surface area contributed by atoms with Crippen molar-refractivity contribution in [2.24, 2.45) is 11.8 Å². The van der Waals surface area contributed by atoms with E-state index < -0.39 is 18.0 Å². The molecule has 0 aromatic heterocycles. The number of alkyl carbamates (subject to hydrolysis) is 1. The number of nitrogens with one attached hydrogen (secondary N) is 1. The molecule has 0 spiro atoms. The molecule has 2 aromatic rings. The smallest absolute Gasteiger partial charge is 0.407 e. The molecule has 3 aliphatic rings. The van der Waals surface area contributed by atoms with Crippen LogP contribution in [0, 0.1) is 11.8 Å². The topological polar surface area (TPSA) is 95.9 Å². The molecule has 2 fully saturated rings. The number of aliphatic carboxylic acids is 1. The summed E-state index contributed by atoms with van der Waals surface area (Å²) < 4.78 is 5.59. The van der Waals surface area contributed by atoms with Crippen LogP contribution in [0.3, 0.4) is 0 Å². The minimum atomic E-state index is -0.796. The van der Waals surface area contributed by atoms with Crippen molar-refractivity contribution in [3.8, 4) is 11.1 Å². The molecule has 1 aliphatic carbocycles. The summed E-state index contributed by atoms with van der Waals surface area (Å²) in [4.78, 5) is 38.5. The molecule has 0 saturated carbocycles. The molecule has 2 aliphatic heterocycles. The van der Waals surface area contributed by atoms with Crippen molar-refractivity contribution < 1.29 is 24.2 Å². The van der Waals surface area contributed by atoms with Crippen LogP contribution in [0.15, 0.2) is 48.5 Å². The second kappa shape index (κ2) is 9.72. The Morgan fingerprint density at radius 3 is 2.34 bits per heavy atom. The molecule has 2 amide bonds. The SMILES string of the molecule is CC(CCC(=O)N1C2CCC1C(C(=O)O)C2)CNC(=O)OCC1c2ccccc2-c2ccccc21. The van der Waals surface area contributed by atoms with E-state index in [0.29, 0.717) is 25.8 Å². The highest BCUT2D eigenvalue weighted by Gasteiger charge is 2.50. The van der Waals surface area contributed by atoms with E-state index in [4.69, 9.17) is 4.74 Å². The van der Waals surface area contributed by atoms with Crippen LogP contribution in [-0.4, -0.2) is 53.2 Å². The van der Waals surface area contributed by atoms with Crippen molar-refractivity contribution in [1.82, 2.24) is 10.2 Å². The van der Waals surface area contributed by atoms with Crippen molar-refractivity contribution >= 4 is 18.0 Å². The number of carboxylic acids is 1. The van der Waals surface area contributed by atoms with Gasteiger partial charge in [-0.3, -0.25) is 9.59 Å². The van der Waals surface area contributed by atoms with Crippen LogP contribution in [0.25, 0.3) is 11.1 Å². The molecule has 4 unspecified atom stereocenters. The fourth-order valence-corrected chi connectivity index (χ4v) is 6.15. The number of carboxylic acid groups (broad SMARTS) is 1. The van der Waals surface area contributed by atoms with E-state index in [-0.39, 0.29) is 36.4 Å². The first-order chi connectivity index (χ1) is 16.9. The Bertz CT molecular complexity index is 1090. The number of rotatable bonds is 8. The molecule has 35 heavy (non-hydrogen) atoms. The zero-order chi connectivity index (χ0) is 24.5. The highest BCUT2D eigenvalue weighted by molar-refractivity contribution is 5.81. The Hall–Kier alpha value is -3.35. The Morgan fingerprint density at radius 2 is 1.71 bits per heavy atom. The van der Waals surface area contributed by atoms with E-state index in [9.17, 15) is 19.5 Å². The molecular formula is C28H32N2O5. The quantitative estimate of drug-likeness (QED) is 0.589. The molecule has 2 bridgehead atoms. The van der Waals surface area contributed by atoms with Crippen molar-refractivity contribution in [2.45, 2.75) is 57.0 Å². The summed E-state index contributed by atoms with van der Waals surface area (Å²) in [6.07, 6.45) is 2.81. The highest BCUT2D eigenvalue weighted by Crippen LogP contribution is 2.44. The molecule has 184 valence electrons. The molecule has 4 atom stereocenters. The lowest BCUT2D eigenvalue weighted by Gasteiger charge is -2.24. The maximum Gasteiger partial charge on any atom is 0.407 e. The van der Waals surface area contributed by atoms with Crippen LogP contribution in [0.4, 0.5) is 4.79 Å². The third kappa shape index (κ3) is 4.51. The largest absolute Gasteiger partial charge is 0.481 e. The van der Waals surface area contributed by atoms with Crippen LogP contribution in [-0.2, 0) is 14.3 Å². The lowest BCUT2D eigenvalue weighted by molar-refractivity contribution is -0.143. The standard InChI is InChI=1S/C28H32N2O5/c1-17(10-13-26(31)30-18-11-12-25(30)23(14-18)27(32)33)15-29-28(34)35-16-24-21-8-4-2-6-19(21)20-7-3-5-9-22(20)24/h2-9,17-18,23-25H,10-16H2,1H3,(H,29,34)(H,32,33). The van der Waals surface area contributed by atoms with Gasteiger partial charge in [0, 0.05) is 31.0 Å². The summed E-state index contributed by atoms with van der Waals surface area (Å²) in [5, 5.41) is 12.2. The minimum Gasteiger partial charge on any atom is -0.481 e. The average molecular weight is 477 g/mol. The lowest BCUT2D eigenvalue weighted by Crippen LogP contribution is -2.38. The van der Waals surface area contributed by atoms with Crippen LogP contribution in [0.2, 0.25) is 0 Å². The summed E-state index contributed by atoms with van der Waals surface area (Å²) in [5.74, 6) is -1.06. The minimum absolute atomic E-state index is 0.0219. The fourth-order valence-electron chi connectivity index (χ4n) is 6.15. The van der Waals surface area contributed by atoms with Crippen molar-refractivity contribution in [3.05, 3.63) is 59.7 Å². The van der Waals surface area contributed by atoms with E-state index in [0.717, 1.165) is 12.8 Å². The van der Waals surface area contributed by atoms with Gasteiger partial charge in [-0.2, -0.15) is 0 Å². The number of fused-ring (bicyclic) bond motifs is 5. The zero-order valence-electron chi connectivity index (χ0n) is 20.0. The Labute approximate surface area is 205 Å². The van der Waals surface area contributed by atoms with E-state index in [1.807, 2.05) is 36.1 Å². The van der Waals surface area contributed by atoms with Gasteiger partial charge in [0.1, 0.15) is 6.61 Å². The Morgan fingerprint density at radius 1 is 1.06 bits per heavy atom. The average Bonchev–Trinajstić information content (AvgIpc) is 3.54. The first-order valence-corrected chi connectivity index (χ1v) is 12.6. The van der Waals surface area contributed by atoms with Gasteiger partial charge < -0.3 is 20.1 Å². The highest BCUT2D eigenvalue weighted by atomic mass is 16.5. The third-order valence-electron chi connectivity index (χ3n) is 7.93. The first kappa shape index (κ1) is 23.4. The summed E-state index contributed by atoms with van der Waals surface area (Å²) in [7, 11) is 0. The number of ether oxygens (including phenoxy) is 1. The van der Waals surface area contributed by atoms with Gasteiger partial charge in [0.15, 0.2) is 0 Å². The van der Waals surface area contributed by atoms with Gasteiger partial charge in [-0.25, -0.2) is 4.79 Å². The van der Waals surface area contributed by atoms with Gasteiger partial charge >= 0.3 is 12.1 Å². The van der Waals surface area contributed by atoms with Crippen molar-refractivity contribution in [3.63, 3.8) is 0 Å². The van der Waals surface area contributed by atoms with E-state index in [1.54, 1.807) is 0 Å². The molecule has 2 heterocycles. The van der Waals surface area contributed by atoms with Crippen molar-refractivity contribution in [1.29, 1.82) is 0 Å². The molecule has 7 nitrogen and oxygen atoms in total. The molecule has 0 radical (unpaired) electrons.